The number of anilines is 5. The molecule has 12 heteroatoms. The topological polar surface area (TPSA) is 117 Å². The molecule has 0 spiro atoms. The number of nitrogens with zero attached hydrogens (tertiary/aromatic N) is 6. The highest BCUT2D eigenvalue weighted by molar-refractivity contribution is 7.22. The Morgan fingerprint density at radius 3 is 2.52 bits per heavy atom. The van der Waals surface area contributed by atoms with E-state index in [1.165, 1.54) is 11.3 Å². The van der Waals surface area contributed by atoms with Crippen molar-refractivity contribution in [1.29, 1.82) is 0 Å². The van der Waals surface area contributed by atoms with Gasteiger partial charge in [0.25, 0.3) is 0 Å². The average molecular weight is 574 g/mol. The normalized spacial score (nSPS) is 13.9. The first-order valence-electron chi connectivity index (χ1n) is 12.9. The molecule has 0 atom stereocenters. The van der Waals surface area contributed by atoms with Gasteiger partial charge in [-0.3, -0.25) is 0 Å². The lowest BCUT2D eigenvalue weighted by molar-refractivity contribution is 0.0692. The van der Waals surface area contributed by atoms with Gasteiger partial charge in [-0.1, -0.05) is 53.0 Å². The Kier molecular flexibility index (Phi) is 7.18. The SMILES string of the molecule is Cc1cc(N(C)c2nc(C(=O)O)c(N3CCC(Oc4ccccc4)CC3)s2)nnc1Nc1nc2ccccc2s1. The maximum atomic E-state index is 12.1. The zero-order valence-electron chi connectivity index (χ0n) is 21.9. The molecule has 2 aromatic carbocycles. The molecule has 2 N–H and O–H groups in total. The molecule has 0 bridgehead atoms. The third-order valence-corrected chi connectivity index (χ3v) is 8.84. The fourth-order valence-corrected chi connectivity index (χ4v) is 6.50. The lowest BCUT2D eigenvalue weighted by Gasteiger charge is -2.32. The molecule has 1 fully saturated rings. The number of thiazole rings is 2. The predicted molar refractivity (Wildman–Crippen MR) is 159 cm³/mol. The number of carbonyl (C=O) groups is 1. The number of aromatic carboxylic acids is 1. The van der Waals surface area contributed by atoms with Crippen molar-refractivity contribution in [1.82, 2.24) is 20.2 Å². The monoisotopic (exact) mass is 573 g/mol. The highest BCUT2D eigenvalue weighted by Gasteiger charge is 2.28. The summed E-state index contributed by atoms with van der Waals surface area (Å²) in [6.45, 7) is 3.32. The fourth-order valence-electron chi connectivity index (χ4n) is 4.55. The maximum absolute atomic E-state index is 12.1. The Hall–Kier alpha value is -4.29. The van der Waals surface area contributed by atoms with Gasteiger partial charge in [0.15, 0.2) is 27.6 Å². The standard InChI is InChI=1S/C28H27N7O3S2/c1-17-16-22(32-33-24(17)31-27-29-20-10-6-7-11-21(20)39-27)34(2)28-30-23(26(36)37)25(40-28)35-14-12-19(13-15-35)38-18-8-4-3-5-9-18/h3-11,16,19H,12-15H2,1-2H3,(H,36,37)(H,29,31,33). The number of aryl methyl sites for hydroxylation is 1. The van der Waals surface area contributed by atoms with E-state index in [0.29, 0.717) is 34.9 Å². The van der Waals surface area contributed by atoms with E-state index in [1.54, 1.807) is 16.2 Å². The minimum atomic E-state index is -1.05. The molecule has 0 saturated carbocycles. The van der Waals surface area contributed by atoms with Crippen molar-refractivity contribution in [2.24, 2.45) is 0 Å². The van der Waals surface area contributed by atoms with Crippen LogP contribution in [0.25, 0.3) is 10.2 Å². The quantitative estimate of drug-likeness (QED) is 0.225. The van der Waals surface area contributed by atoms with Crippen LogP contribution in [0.5, 0.6) is 5.75 Å². The Balaban J connectivity index is 1.16. The highest BCUT2D eigenvalue weighted by atomic mass is 32.1. The first-order chi connectivity index (χ1) is 19.4. The second-order valence-corrected chi connectivity index (χ2v) is 11.5. The number of carboxylic acid groups (broad SMARTS) is 1. The van der Waals surface area contributed by atoms with Crippen molar-refractivity contribution in [3.05, 3.63) is 71.9 Å². The van der Waals surface area contributed by atoms with Crippen LogP contribution >= 0.6 is 22.7 Å². The first-order valence-corrected chi connectivity index (χ1v) is 14.5. The number of fused-ring (bicyclic) bond motifs is 1. The molecule has 204 valence electrons. The molecule has 0 radical (unpaired) electrons. The van der Waals surface area contributed by atoms with Gasteiger partial charge in [0.05, 0.1) is 10.2 Å². The second kappa shape index (κ2) is 11.1. The molecule has 0 unspecified atom stereocenters. The molecule has 5 aromatic rings. The van der Waals surface area contributed by atoms with E-state index in [-0.39, 0.29) is 11.8 Å². The summed E-state index contributed by atoms with van der Waals surface area (Å²) in [5.74, 6) is 0.986. The third-order valence-electron chi connectivity index (χ3n) is 6.70. The van der Waals surface area contributed by atoms with E-state index in [1.807, 2.05) is 74.6 Å². The molecule has 40 heavy (non-hydrogen) atoms. The van der Waals surface area contributed by atoms with Crippen LogP contribution in [0.2, 0.25) is 0 Å². The molecule has 6 rings (SSSR count). The van der Waals surface area contributed by atoms with E-state index in [2.05, 4.69) is 30.4 Å². The van der Waals surface area contributed by atoms with Crippen LogP contribution in [-0.2, 0) is 0 Å². The van der Waals surface area contributed by atoms with Crippen molar-refractivity contribution in [2.75, 3.05) is 35.3 Å². The smallest absolute Gasteiger partial charge is 0.357 e. The molecular weight excluding hydrogens is 546 g/mol. The molecule has 3 aromatic heterocycles. The van der Waals surface area contributed by atoms with E-state index in [0.717, 1.165) is 39.5 Å². The van der Waals surface area contributed by atoms with Gasteiger partial charge < -0.3 is 25.0 Å². The van der Waals surface area contributed by atoms with Gasteiger partial charge in [-0.05, 0) is 42.8 Å². The molecular formula is C28H27N7O3S2. The van der Waals surface area contributed by atoms with Gasteiger partial charge in [0.1, 0.15) is 16.9 Å². The minimum Gasteiger partial charge on any atom is -0.490 e. The number of aromatic nitrogens is 4. The molecule has 4 heterocycles. The lowest BCUT2D eigenvalue weighted by Crippen LogP contribution is -2.38. The summed E-state index contributed by atoms with van der Waals surface area (Å²) in [6.07, 6.45) is 1.69. The van der Waals surface area contributed by atoms with Crippen LogP contribution in [0.15, 0.2) is 60.7 Å². The summed E-state index contributed by atoms with van der Waals surface area (Å²) in [6, 6.07) is 19.6. The van der Waals surface area contributed by atoms with E-state index in [9.17, 15) is 9.90 Å². The Morgan fingerprint density at radius 1 is 1.05 bits per heavy atom. The van der Waals surface area contributed by atoms with Crippen molar-refractivity contribution in [3.63, 3.8) is 0 Å². The first kappa shape index (κ1) is 26.0. The van der Waals surface area contributed by atoms with E-state index < -0.39 is 5.97 Å². The summed E-state index contributed by atoms with van der Waals surface area (Å²) < 4.78 is 7.20. The van der Waals surface area contributed by atoms with Crippen molar-refractivity contribution < 1.29 is 14.6 Å². The van der Waals surface area contributed by atoms with Crippen LogP contribution in [0.3, 0.4) is 0 Å². The van der Waals surface area contributed by atoms with Gasteiger partial charge in [-0.25, -0.2) is 14.8 Å². The number of ether oxygens (including phenoxy) is 1. The zero-order chi connectivity index (χ0) is 27.6. The van der Waals surface area contributed by atoms with Gasteiger partial charge in [-0.2, -0.15) is 0 Å². The van der Waals surface area contributed by atoms with Gasteiger partial charge in [0, 0.05) is 33.0 Å². The van der Waals surface area contributed by atoms with E-state index >= 15 is 0 Å². The van der Waals surface area contributed by atoms with Crippen LogP contribution in [0, 0.1) is 6.92 Å². The summed E-state index contributed by atoms with van der Waals surface area (Å²) >= 11 is 2.90. The number of para-hydroxylation sites is 2. The van der Waals surface area contributed by atoms with Crippen LogP contribution in [0.1, 0.15) is 28.9 Å². The number of nitrogens with one attached hydrogen (secondary N) is 1. The second-order valence-electron chi connectivity index (χ2n) is 9.48. The molecule has 1 saturated heterocycles. The number of hydrogen-bond acceptors (Lipinski definition) is 11. The Labute approximate surface area is 238 Å². The van der Waals surface area contributed by atoms with Crippen LogP contribution in [0.4, 0.5) is 26.9 Å². The minimum absolute atomic E-state index is 0.0491. The van der Waals surface area contributed by atoms with Crippen molar-refractivity contribution in [2.45, 2.75) is 25.9 Å². The van der Waals surface area contributed by atoms with Gasteiger partial charge in [0.2, 0.25) is 0 Å². The summed E-state index contributed by atoms with van der Waals surface area (Å²) in [7, 11) is 1.82. The molecule has 0 amide bonds. The highest BCUT2D eigenvalue weighted by Crippen LogP contribution is 2.38. The molecule has 1 aliphatic rings. The molecule has 1 aliphatic heterocycles. The Morgan fingerprint density at radius 2 is 1.80 bits per heavy atom. The summed E-state index contributed by atoms with van der Waals surface area (Å²) in [5, 5.41) is 23.9. The number of benzene rings is 2. The maximum Gasteiger partial charge on any atom is 0.357 e. The largest absolute Gasteiger partial charge is 0.490 e. The zero-order valence-corrected chi connectivity index (χ0v) is 23.6. The summed E-state index contributed by atoms with van der Waals surface area (Å²) in [5.41, 5.74) is 1.86. The number of piperidine rings is 1. The van der Waals surface area contributed by atoms with Crippen LogP contribution < -0.4 is 19.9 Å². The number of rotatable bonds is 8. The third kappa shape index (κ3) is 5.40. The van der Waals surface area contributed by atoms with E-state index in [4.69, 9.17) is 4.74 Å². The predicted octanol–water partition coefficient (Wildman–Crippen LogP) is 6.11. The fraction of sp³-hybridized carbons (Fsp3) is 0.250. The lowest BCUT2D eigenvalue weighted by atomic mass is 10.1. The van der Waals surface area contributed by atoms with Crippen molar-refractivity contribution in [3.8, 4) is 5.75 Å². The van der Waals surface area contributed by atoms with Crippen molar-refractivity contribution >= 4 is 65.8 Å². The Bertz CT molecular complexity index is 1620. The molecule has 10 nitrogen and oxygen atoms in total. The number of carboxylic acids is 1. The average Bonchev–Trinajstić information content (AvgIpc) is 3.59. The van der Waals surface area contributed by atoms with Gasteiger partial charge in [-0.15, -0.1) is 10.2 Å². The van der Waals surface area contributed by atoms with Crippen LogP contribution in [-0.4, -0.2) is 57.5 Å². The van der Waals surface area contributed by atoms with Gasteiger partial charge >= 0.3 is 5.97 Å². The summed E-state index contributed by atoms with van der Waals surface area (Å²) in [4.78, 5) is 25.1. The number of hydrogen-bond donors (Lipinski definition) is 2. The molecule has 0 aliphatic carbocycles.